The molecule has 0 N–H and O–H groups in total. The van der Waals surface area contributed by atoms with Gasteiger partial charge in [-0.05, 0) is 23.3 Å². The van der Waals surface area contributed by atoms with Gasteiger partial charge in [-0.2, -0.15) is 5.10 Å². The molecule has 0 aliphatic carbocycles. The van der Waals surface area contributed by atoms with Crippen LogP contribution in [0.15, 0.2) is 67.0 Å². The number of amides is 1. The Morgan fingerprint density at radius 2 is 1.88 bits per heavy atom. The van der Waals surface area contributed by atoms with Crippen molar-refractivity contribution in [3.63, 3.8) is 0 Å². The van der Waals surface area contributed by atoms with Gasteiger partial charge in [0.2, 0.25) is 0 Å². The summed E-state index contributed by atoms with van der Waals surface area (Å²) in [6.07, 6.45) is 3.30. The first kappa shape index (κ1) is 15.9. The number of benzene rings is 2. The van der Waals surface area contributed by atoms with Crippen LogP contribution in [0.4, 0.5) is 4.39 Å². The Hall–Kier alpha value is -2.95. The Kier molecular flexibility index (Phi) is 4.70. The van der Waals surface area contributed by atoms with E-state index in [1.165, 1.54) is 12.1 Å². The third-order valence-electron chi connectivity index (χ3n) is 3.72. The molecule has 0 radical (unpaired) electrons. The summed E-state index contributed by atoms with van der Waals surface area (Å²) >= 11 is 0. The second-order valence-corrected chi connectivity index (χ2v) is 5.70. The van der Waals surface area contributed by atoms with E-state index in [-0.39, 0.29) is 11.7 Å². The van der Waals surface area contributed by atoms with Crippen LogP contribution in [0.25, 0.3) is 0 Å². The lowest BCUT2D eigenvalue weighted by Gasteiger charge is -2.16. The van der Waals surface area contributed by atoms with Gasteiger partial charge in [-0.1, -0.05) is 42.5 Å². The highest BCUT2D eigenvalue weighted by Gasteiger charge is 2.14. The fourth-order valence-corrected chi connectivity index (χ4v) is 2.53. The predicted octanol–water partition coefficient (Wildman–Crippen LogP) is 3.34. The van der Waals surface area contributed by atoms with E-state index in [4.69, 9.17) is 0 Å². The Labute approximate surface area is 140 Å². The van der Waals surface area contributed by atoms with Crippen LogP contribution in [0.1, 0.15) is 21.5 Å². The molecule has 0 saturated heterocycles. The lowest BCUT2D eigenvalue weighted by molar-refractivity contribution is 0.0785. The van der Waals surface area contributed by atoms with Crippen molar-refractivity contribution in [2.75, 3.05) is 7.05 Å². The van der Waals surface area contributed by atoms with Crippen molar-refractivity contribution in [3.05, 3.63) is 89.5 Å². The van der Waals surface area contributed by atoms with Crippen molar-refractivity contribution in [1.29, 1.82) is 0 Å². The molecule has 0 fully saturated rings. The highest BCUT2D eigenvalue weighted by atomic mass is 19.1. The minimum absolute atomic E-state index is 0.140. The van der Waals surface area contributed by atoms with E-state index in [2.05, 4.69) is 5.10 Å². The number of hydrogen-bond acceptors (Lipinski definition) is 2. The summed E-state index contributed by atoms with van der Waals surface area (Å²) in [6.45, 7) is 0.961. The monoisotopic (exact) mass is 323 g/mol. The Balaban J connectivity index is 1.66. The van der Waals surface area contributed by atoms with Gasteiger partial charge in [0.05, 0.1) is 18.3 Å². The van der Waals surface area contributed by atoms with Gasteiger partial charge in [-0.25, -0.2) is 4.39 Å². The molecule has 2 aromatic carbocycles. The lowest BCUT2D eigenvalue weighted by atomic mass is 10.2. The van der Waals surface area contributed by atoms with Gasteiger partial charge in [0.15, 0.2) is 0 Å². The number of aromatic nitrogens is 2. The highest BCUT2D eigenvalue weighted by Crippen LogP contribution is 2.10. The molecule has 3 aromatic rings. The van der Waals surface area contributed by atoms with Gasteiger partial charge in [0, 0.05) is 19.8 Å². The quantitative estimate of drug-likeness (QED) is 0.722. The second kappa shape index (κ2) is 7.08. The molecule has 0 atom stereocenters. The van der Waals surface area contributed by atoms with Gasteiger partial charge in [0.25, 0.3) is 5.91 Å². The molecule has 4 nitrogen and oxygen atoms in total. The van der Waals surface area contributed by atoms with E-state index in [1.807, 2.05) is 30.3 Å². The van der Waals surface area contributed by atoms with Crippen LogP contribution in [0, 0.1) is 5.82 Å². The van der Waals surface area contributed by atoms with Gasteiger partial charge in [-0.3, -0.25) is 9.48 Å². The molecular formula is C19H18FN3O. The van der Waals surface area contributed by atoms with E-state index in [1.54, 1.807) is 41.2 Å². The maximum atomic E-state index is 13.2. The van der Waals surface area contributed by atoms with E-state index in [9.17, 15) is 9.18 Å². The SMILES string of the molecule is CN(Cc1cccc(F)c1)C(=O)c1cnn(Cc2ccccc2)c1. The normalized spacial score (nSPS) is 10.6. The maximum Gasteiger partial charge on any atom is 0.257 e. The molecule has 0 saturated carbocycles. The van der Waals surface area contributed by atoms with Crippen LogP contribution in [0.2, 0.25) is 0 Å². The predicted molar refractivity (Wildman–Crippen MR) is 90.0 cm³/mol. The summed E-state index contributed by atoms with van der Waals surface area (Å²) in [5.74, 6) is -0.442. The lowest BCUT2D eigenvalue weighted by Crippen LogP contribution is -2.25. The Morgan fingerprint density at radius 1 is 1.12 bits per heavy atom. The van der Waals surface area contributed by atoms with E-state index in [0.717, 1.165) is 11.1 Å². The van der Waals surface area contributed by atoms with Crippen LogP contribution >= 0.6 is 0 Å². The number of rotatable bonds is 5. The van der Waals surface area contributed by atoms with Crippen molar-refractivity contribution >= 4 is 5.91 Å². The average Bonchev–Trinajstić information content (AvgIpc) is 3.03. The maximum absolute atomic E-state index is 13.2. The molecule has 24 heavy (non-hydrogen) atoms. The molecule has 0 spiro atoms. The van der Waals surface area contributed by atoms with E-state index < -0.39 is 0 Å². The van der Waals surface area contributed by atoms with E-state index >= 15 is 0 Å². The number of halogens is 1. The number of carbonyl (C=O) groups is 1. The molecule has 5 heteroatoms. The minimum atomic E-state index is -0.302. The summed E-state index contributed by atoms with van der Waals surface area (Å²) < 4.78 is 15.0. The molecule has 1 heterocycles. The average molecular weight is 323 g/mol. The van der Waals surface area contributed by atoms with Crippen LogP contribution in [-0.4, -0.2) is 27.6 Å². The zero-order valence-corrected chi connectivity index (χ0v) is 13.4. The summed E-state index contributed by atoms with van der Waals surface area (Å²) in [6, 6.07) is 16.2. The van der Waals surface area contributed by atoms with Crippen molar-refractivity contribution in [2.45, 2.75) is 13.1 Å². The zero-order valence-electron chi connectivity index (χ0n) is 13.4. The Morgan fingerprint density at radius 3 is 2.62 bits per heavy atom. The van der Waals surface area contributed by atoms with E-state index in [0.29, 0.717) is 18.7 Å². The smallest absolute Gasteiger partial charge is 0.257 e. The summed E-state index contributed by atoms with van der Waals surface area (Å²) in [5, 5.41) is 4.25. The molecule has 122 valence electrons. The molecular weight excluding hydrogens is 305 g/mol. The second-order valence-electron chi connectivity index (χ2n) is 5.70. The molecule has 0 unspecified atom stereocenters. The standard InChI is InChI=1S/C19H18FN3O/c1-22(12-16-8-5-9-18(20)10-16)19(24)17-11-21-23(14-17)13-15-6-3-2-4-7-15/h2-11,14H,12-13H2,1H3. The van der Waals surface area contributed by atoms with Crippen LogP contribution < -0.4 is 0 Å². The summed E-state index contributed by atoms with van der Waals surface area (Å²) in [7, 11) is 1.70. The number of hydrogen-bond donors (Lipinski definition) is 0. The Bertz CT molecular complexity index is 829. The minimum Gasteiger partial charge on any atom is -0.337 e. The first-order valence-corrected chi connectivity index (χ1v) is 7.68. The van der Waals surface area contributed by atoms with Crippen molar-refractivity contribution in [2.24, 2.45) is 0 Å². The third-order valence-corrected chi connectivity index (χ3v) is 3.72. The van der Waals surface area contributed by atoms with Gasteiger partial charge < -0.3 is 4.90 Å². The van der Waals surface area contributed by atoms with Crippen LogP contribution in [0.5, 0.6) is 0 Å². The number of nitrogens with zero attached hydrogens (tertiary/aromatic N) is 3. The molecule has 1 amide bonds. The largest absolute Gasteiger partial charge is 0.337 e. The molecule has 1 aromatic heterocycles. The van der Waals surface area contributed by atoms with Gasteiger partial charge in [0.1, 0.15) is 5.82 Å². The first-order valence-electron chi connectivity index (χ1n) is 7.68. The fourth-order valence-electron chi connectivity index (χ4n) is 2.53. The molecule has 0 bridgehead atoms. The van der Waals surface area contributed by atoms with Crippen LogP contribution in [-0.2, 0) is 13.1 Å². The first-order chi connectivity index (χ1) is 11.6. The highest BCUT2D eigenvalue weighted by molar-refractivity contribution is 5.93. The fraction of sp³-hybridized carbons (Fsp3) is 0.158. The summed E-state index contributed by atoms with van der Waals surface area (Å²) in [5.41, 5.74) is 2.39. The van der Waals surface area contributed by atoms with Crippen molar-refractivity contribution < 1.29 is 9.18 Å². The topological polar surface area (TPSA) is 38.1 Å². The van der Waals surface area contributed by atoms with Gasteiger partial charge in [-0.15, -0.1) is 0 Å². The molecule has 0 aliphatic rings. The third kappa shape index (κ3) is 3.87. The van der Waals surface area contributed by atoms with Crippen molar-refractivity contribution in [3.8, 4) is 0 Å². The summed E-state index contributed by atoms with van der Waals surface area (Å²) in [4.78, 5) is 14.0. The zero-order chi connectivity index (χ0) is 16.9. The van der Waals surface area contributed by atoms with Crippen molar-refractivity contribution in [1.82, 2.24) is 14.7 Å². The van der Waals surface area contributed by atoms with Gasteiger partial charge >= 0.3 is 0 Å². The number of carbonyl (C=O) groups excluding carboxylic acids is 1. The molecule has 0 aliphatic heterocycles. The molecule has 3 rings (SSSR count). The van der Waals surface area contributed by atoms with Crippen LogP contribution in [0.3, 0.4) is 0 Å².